The fraction of sp³-hybridized carbons (Fsp3) is 0.875. The summed E-state index contributed by atoms with van der Waals surface area (Å²) in [4.78, 5) is 29.5. The second kappa shape index (κ2) is 7.36. The number of carbonyl (C=O) groups is 2. The lowest BCUT2D eigenvalue weighted by Crippen LogP contribution is -2.72. The third-order valence-corrected chi connectivity index (χ3v) is 6.30. The minimum atomic E-state index is -0.502. The number of hydrogen-bond acceptors (Lipinski definition) is 4. The molecule has 136 valence electrons. The Morgan fingerprint density at radius 3 is 1.50 bits per heavy atom. The monoisotopic (exact) mass is 376 g/mol. The summed E-state index contributed by atoms with van der Waals surface area (Å²) in [7, 11) is 3.92. The molecular formula is C16H26Cl2N4O2. The summed E-state index contributed by atoms with van der Waals surface area (Å²) < 4.78 is 0. The topological polar surface area (TPSA) is 64.7 Å². The Morgan fingerprint density at radius 1 is 0.792 bits per heavy atom. The molecule has 24 heavy (non-hydrogen) atoms. The molecule has 0 aliphatic carbocycles. The van der Waals surface area contributed by atoms with Crippen molar-refractivity contribution in [1.29, 1.82) is 0 Å². The molecule has 3 rings (SSSR count). The van der Waals surface area contributed by atoms with Gasteiger partial charge < -0.3 is 10.6 Å². The van der Waals surface area contributed by atoms with E-state index in [0.29, 0.717) is 0 Å². The van der Waals surface area contributed by atoms with Gasteiger partial charge in [0.15, 0.2) is 0 Å². The van der Waals surface area contributed by atoms with Gasteiger partial charge in [-0.2, -0.15) is 0 Å². The average Bonchev–Trinajstić information content (AvgIpc) is 2.50. The Hall–Kier alpha value is -0.560. The summed E-state index contributed by atoms with van der Waals surface area (Å²) in [5.74, 6) is -0.184. The minimum Gasteiger partial charge on any atom is -0.341 e. The van der Waals surface area contributed by atoms with Gasteiger partial charge in [0.05, 0.1) is 0 Å². The minimum absolute atomic E-state index is 0.00112. The van der Waals surface area contributed by atoms with Crippen LogP contribution in [0.3, 0.4) is 0 Å². The number of likely N-dealkylation sites (N-methyl/N-ethyl adjacent to an activating group) is 2. The van der Waals surface area contributed by atoms with Crippen molar-refractivity contribution in [2.75, 3.05) is 27.2 Å². The van der Waals surface area contributed by atoms with Gasteiger partial charge in [0.2, 0.25) is 11.8 Å². The molecule has 0 spiro atoms. The highest BCUT2D eigenvalue weighted by atomic mass is 35.5. The maximum Gasteiger partial charge on any atom is 0.244 e. The first-order valence-electron chi connectivity index (χ1n) is 8.66. The molecule has 0 aromatic rings. The van der Waals surface area contributed by atoms with E-state index in [9.17, 15) is 9.59 Å². The molecule has 8 heteroatoms. The lowest BCUT2D eigenvalue weighted by atomic mass is 9.90. The Morgan fingerprint density at radius 2 is 1.17 bits per heavy atom. The first-order chi connectivity index (χ1) is 11.4. The molecule has 6 nitrogen and oxygen atoms in total. The molecule has 3 fully saturated rings. The van der Waals surface area contributed by atoms with E-state index in [1.807, 2.05) is 14.1 Å². The number of carbonyl (C=O) groups excluding carboxylic acids is 2. The van der Waals surface area contributed by atoms with Gasteiger partial charge in [-0.05, 0) is 39.8 Å². The van der Waals surface area contributed by atoms with E-state index in [0.717, 1.165) is 38.8 Å². The molecule has 0 aromatic heterocycles. The van der Waals surface area contributed by atoms with Crippen LogP contribution in [-0.2, 0) is 9.59 Å². The van der Waals surface area contributed by atoms with Crippen LogP contribution in [0.2, 0.25) is 0 Å². The zero-order valence-electron chi connectivity index (χ0n) is 14.2. The van der Waals surface area contributed by atoms with Gasteiger partial charge in [-0.3, -0.25) is 19.4 Å². The van der Waals surface area contributed by atoms with Gasteiger partial charge in [-0.25, -0.2) is 0 Å². The van der Waals surface area contributed by atoms with Gasteiger partial charge in [0, 0.05) is 35.9 Å². The van der Waals surface area contributed by atoms with Crippen molar-refractivity contribution in [1.82, 2.24) is 20.4 Å². The number of amides is 2. The van der Waals surface area contributed by atoms with E-state index >= 15 is 0 Å². The van der Waals surface area contributed by atoms with Gasteiger partial charge in [-0.15, -0.1) is 23.2 Å². The zero-order chi connectivity index (χ0) is 17.4. The Bertz CT molecular complexity index is 462. The van der Waals surface area contributed by atoms with E-state index in [-0.39, 0.29) is 34.7 Å². The third kappa shape index (κ3) is 3.66. The fourth-order valence-electron chi connectivity index (χ4n) is 4.22. The van der Waals surface area contributed by atoms with E-state index < -0.39 is 12.1 Å². The van der Waals surface area contributed by atoms with Crippen molar-refractivity contribution in [2.24, 2.45) is 0 Å². The number of hydrogen-bond donors (Lipinski definition) is 2. The molecule has 0 radical (unpaired) electrons. The first-order valence-corrected chi connectivity index (χ1v) is 9.53. The van der Waals surface area contributed by atoms with Gasteiger partial charge >= 0.3 is 0 Å². The summed E-state index contributed by atoms with van der Waals surface area (Å²) in [6.45, 7) is 1.47. The molecule has 0 bridgehead atoms. The molecule has 3 saturated heterocycles. The van der Waals surface area contributed by atoms with Crippen molar-refractivity contribution in [3.63, 3.8) is 0 Å². The Labute approximate surface area is 153 Å². The quantitative estimate of drug-likeness (QED) is 0.683. The van der Waals surface area contributed by atoms with Gasteiger partial charge in [-0.1, -0.05) is 0 Å². The summed E-state index contributed by atoms with van der Waals surface area (Å²) in [6, 6.07) is -1.00. The van der Waals surface area contributed by atoms with E-state index in [1.54, 1.807) is 0 Å². The molecular weight excluding hydrogens is 351 g/mol. The second-order valence-electron chi connectivity index (χ2n) is 7.34. The zero-order valence-corrected chi connectivity index (χ0v) is 15.7. The fourth-order valence-corrected chi connectivity index (χ4v) is 4.91. The predicted octanol–water partition coefficient (Wildman–Crippen LogP) is 0.373. The molecule has 2 N–H and O–H groups in total. The molecule has 6 atom stereocenters. The maximum absolute atomic E-state index is 12.7. The number of alkyl halides is 2. The van der Waals surface area contributed by atoms with Crippen LogP contribution in [0.1, 0.15) is 25.7 Å². The van der Waals surface area contributed by atoms with Crippen molar-refractivity contribution in [2.45, 2.75) is 60.6 Å². The standard InChI is InChI=1S/C16H26Cl2N4O2/c1-21-7-9(17)3-5-11(21)13-15(23)20-14(16(24)19-13)12-6-4-10(18)8-22(12)2/h9-14H,3-8H2,1-2H3,(H,19,24)(H,20,23). The lowest BCUT2D eigenvalue weighted by molar-refractivity contribution is -0.140. The smallest absolute Gasteiger partial charge is 0.244 e. The van der Waals surface area contributed by atoms with E-state index in [4.69, 9.17) is 23.2 Å². The molecule has 3 aliphatic rings. The highest BCUT2D eigenvalue weighted by Crippen LogP contribution is 2.26. The molecule has 3 heterocycles. The summed E-state index contributed by atoms with van der Waals surface area (Å²) in [6.07, 6.45) is 3.35. The number of piperidine rings is 2. The van der Waals surface area contributed by atoms with Crippen LogP contribution in [0.15, 0.2) is 0 Å². The third-order valence-electron chi connectivity index (χ3n) is 5.59. The van der Waals surface area contributed by atoms with Gasteiger partial charge in [0.25, 0.3) is 0 Å². The number of likely N-dealkylation sites (tertiary alicyclic amines) is 2. The first kappa shape index (κ1) is 18.2. The molecule has 3 aliphatic heterocycles. The SMILES string of the molecule is CN1CC(Cl)CCC1C1NC(=O)C(C2CCC(Cl)CN2C)NC1=O. The number of nitrogens with one attached hydrogen (secondary N) is 2. The van der Waals surface area contributed by atoms with Crippen LogP contribution >= 0.6 is 23.2 Å². The molecule has 6 unspecified atom stereocenters. The van der Waals surface area contributed by atoms with Crippen molar-refractivity contribution >= 4 is 35.0 Å². The van der Waals surface area contributed by atoms with Crippen LogP contribution in [0, 0.1) is 0 Å². The summed E-state index contributed by atoms with van der Waals surface area (Å²) in [5.41, 5.74) is 0. The Balaban J connectivity index is 1.66. The van der Waals surface area contributed by atoms with Crippen LogP contribution in [0.5, 0.6) is 0 Å². The summed E-state index contributed by atoms with van der Waals surface area (Å²) in [5, 5.41) is 6.15. The molecule has 0 aromatic carbocycles. The van der Waals surface area contributed by atoms with Crippen molar-refractivity contribution < 1.29 is 9.59 Å². The van der Waals surface area contributed by atoms with Crippen LogP contribution in [-0.4, -0.2) is 83.7 Å². The van der Waals surface area contributed by atoms with E-state index in [1.165, 1.54) is 0 Å². The highest BCUT2D eigenvalue weighted by Gasteiger charge is 2.45. The van der Waals surface area contributed by atoms with Crippen molar-refractivity contribution in [3.8, 4) is 0 Å². The van der Waals surface area contributed by atoms with Crippen LogP contribution in [0.25, 0.3) is 0 Å². The number of rotatable bonds is 2. The lowest BCUT2D eigenvalue weighted by Gasteiger charge is -2.45. The molecule has 2 amide bonds. The number of halogens is 2. The number of piperazine rings is 1. The van der Waals surface area contributed by atoms with E-state index in [2.05, 4.69) is 20.4 Å². The highest BCUT2D eigenvalue weighted by molar-refractivity contribution is 6.21. The van der Waals surface area contributed by atoms with Crippen molar-refractivity contribution in [3.05, 3.63) is 0 Å². The van der Waals surface area contributed by atoms with Crippen LogP contribution in [0.4, 0.5) is 0 Å². The maximum atomic E-state index is 12.7. The molecule has 0 saturated carbocycles. The normalized spacial score (nSPS) is 42.5. The summed E-state index contributed by atoms with van der Waals surface area (Å²) >= 11 is 12.4. The predicted molar refractivity (Wildman–Crippen MR) is 94.4 cm³/mol. The number of nitrogens with zero attached hydrogens (tertiary/aromatic N) is 2. The second-order valence-corrected chi connectivity index (χ2v) is 8.57. The average molecular weight is 377 g/mol. The largest absolute Gasteiger partial charge is 0.341 e. The van der Waals surface area contributed by atoms with Gasteiger partial charge in [0.1, 0.15) is 12.1 Å². The Kier molecular flexibility index (Phi) is 5.59. The van der Waals surface area contributed by atoms with Crippen LogP contribution < -0.4 is 10.6 Å².